The summed E-state index contributed by atoms with van der Waals surface area (Å²) in [4.78, 5) is 12.1. The van der Waals surface area contributed by atoms with Crippen molar-refractivity contribution < 1.29 is 9.90 Å². The second-order valence-electron chi connectivity index (χ2n) is 3.58. The molecular weight excluding hydrogens is 238 g/mol. The minimum Gasteiger partial charge on any atom is -0.506 e. The monoisotopic (exact) mass is 247 g/mol. The molecular formula is C13H10ClNO2. The smallest absolute Gasteiger partial charge is 0.195 e. The number of phenols is 1. The first-order valence-corrected chi connectivity index (χ1v) is 5.35. The quantitative estimate of drug-likeness (QED) is 0.487. The molecule has 0 saturated heterocycles. The molecule has 0 aliphatic heterocycles. The van der Waals surface area contributed by atoms with Gasteiger partial charge in [0.05, 0.1) is 5.69 Å². The van der Waals surface area contributed by atoms with E-state index in [-0.39, 0.29) is 22.8 Å². The number of para-hydroxylation sites is 1. The molecule has 0 aliphatic carbocycles. The summed E-state index contributed by atoms with van der Waals surface area (Å²) in [5.41, 5.74) is 6.45. The summed E-state index contributed by atoms with van der Waals surface area (Å²) in [6.07, 6.45) is 0. The molecule has 0 radical (unpaired) electrons. The van der Waals surface area contributed by atoms with E-state index in [1.807, 2.05) is 0 Å². The summed E-state index contributed by atoms with van der Waals surface area (Å²) >= 11 is 5.81. The van der Waals surface area contributed by atoms with Crippen LogP contribution in [-0.4, -0.2) is 10.9 Å². The van der Waals surface area contributed by atoms with E-state index in [1.165, 1.54) is 6.07 Å². The van der Waals surface area contributed by atoms with E-state index in [0.29, 0.717) is 10.6 Å². The summed E-state index contributed by atoms with van der Waals surface area (Å²) in [5, 5.41) is 9.93. The molecule has 2 aromatic rings. The molecule has 0 saturated carbocycles. The van der Waals surface area contributed by atoms with Crippen LogP contribution in [0, 0.1) is 0 Å². The molecule has 3 N–H and O–H groups in total. The van der Waals surface area contributed by atoms with Gasteiger partial charge in [0.1, 0.15) is 5.75 Å². The lowest BCUT2D eigenvalue weighted by Crippen LogP contribution is -2.05. The van der Waals surface area contributed by atoms with Crippen molar-refractivity contribution in [3.8, 4) is 5.75 Å². The van der Waals surface area contributed by atoms with E-state index < -0.39 is 0 Å². The number of nitrogen functional groups attached to an aromatic ring is 1. The van der Waals surface area contributed by atoms with Crippen molar-refractivity contribution in [1.82, 2.24) is 0 Å². The Morgan fingerprint density at radius 1 is 1.18 bits per heavy atom. The number of rotatable bonds is 2. The molecule has 0 atom stereocenters. The van der Waals surface area contributed by atoms with Gasteiger partial charge in [-0.25, -0.2) is 0 Å². The third kappa shape index (κ3) is 2.24. The second-order valence-corrected chi connectivity index (χ2v) is 4.01. The fourth-order valence-corrected chi connectivity index (χ4v) is 1.73. The number of anilines is 1. The first-order chi connectivity index (χ1) is 8.09. The Morgan fingerprint density at radius 3 is 2.59 bits per heavy atom. The predicted molar refractivity (Wildman–Crippen MR) is 67.4 cm³/mol. The number of ketones is 1. The number of carbonyl (C=O) groups excluding carboxylic acids is 1. The van der Waals surface area contributed by atoms with Crippen molar-refractivity contribution >= 4 is 23.1 Å². The van der Waals surface area contributed by atoms with Crippen LogP contribution in [0.25, 0.3) is 0 Å². The average molecular weight is 248 g/mol. The first kappa shape index (κ1) is 11.5. The zero-order chi connectivity index (χ0) is 12.4. The summed E-state index contributed by atoms with van der Waals surface area (Å²) in [6, 6.07) is 11.2. The number of benzene rings is 2. The van der Waals surface area contributed by atoms with E-state index in [9.17, 15) is 9.90 Å². The SMILES string of the molecule is Nc1c(O)cccc1C(=O)c1cccc(Cl)c1. The van der Waals surface area contributed by atoms with Gasteiger partial charge in [-0.2, -0.15) is 0 Å². The molecule has 0 spiro atoms. The van der Waals surface area contributed by atoms with E-state index in [1.54, 1.807) is 36.4 Å². The van der Waals surface area contributed by atoms with Crippen LogP contribution >= 0.6 is 11.6 Å². The van der Waals surface area contributed by atoms with Crippen molar-refractivity contribution in [3.63, 3.8) is 0 Å². The van der Waals surface area contributed by atoms with Gasteiger partial charge in [0.15, 0.2) is 5.78 Å². The van der Waals surface area contributed by atoms with Gasteiger partial charge in [0.2, 0.25) is 0 Å². The Bertz CT molecular complexity index is 581. The van der Waals surface area contributed by atoms with Gasteiger partial charge in [-0.3, -0.25) is 4.79 Å². The summed E-state index contributed by atoms with van der Waals surface area (Å²) in [6.45, 7) is 0. The normalized spacial score (nSPS) is 10.2. The minimum atomic E-state index is -0.263. The van der Waals surface area contributed by atoms with Crippen molar-refractivity contribution in [2.24, 2.45) is 0 Å². The Hall–Kier alpha value is -2.00. The van der Waals surface area contributed by atoms with Crippen LogP contribution in [0.3, 0.4) is 0 Å². The van der Waals surface area contributed by atoms with Crippen LogP contribution in [0.2, 0.25) is 5.02 Å². The van der Waals surface area contributed by atoms with E-state index in [4.69, 9.17) is 17.3 Å². The van der Waals surface area contributed by atoms with Gasteiger partial charge in [-0.1, -0.05) is 29.8 Å². The number of halogens is 1. The molecule has 0 bridgehead atoms. The highest BCUT2D eigenvalue weighted by molar-refractivity contribution is 6.31. The number of aromatic hydroxyl groups is 1. The van der Waals surface area contributed by atoms with Crippen molar-refractivity contribution in [1.29, 1.82) is 0 Å². The maximum Gasteiger partial charge on any atom is 0.195 e. The van der Waals surface area contributed by atoms with Crippen LogP contribution in [0.15, 0.2) is 42.5 Å². The maximum absolute atomic E-state index is 12.1. The summed E-state index contributed by atoms with van der Waals surface area (Å²) < 4.78 is 0. The number of phenolic OH excluding ortho intramolecular Hbond substituents is 1. The molecule has 3 nitrogen and oxygen atoms in total. The molecule has 2 rings (SSSR count). The van der Waals surface area contributed by atoms with Gasteiger partial charge in [-0.05, 0) is 24.3 Å². The highest BCUT2D eigenvalue weighted by Crippen LogP contribution is 2.26. The highest BCUT2D eigenvalue weighted by atomic mass is 35.5. The molecule has 0 heterocycles. The van der Waals surface area contributed by atoms with Crippen LogP contribution in [-0.2, 0) is 0 Å². The van der Waals surface area contributed by atoms with Crippen LogP contribution in [0.5, 0.6) is 5.75 Å². The first-order valence-electron chi connectivity index (χ1n) is 4.97. The highest BCUT2D eigenvalue weighted by Gasteiger charge is 2.14. The maximum atomic E-state index is 12.1. The zero-order valence-corrected chi connectivity index (χ0v) is 9.61. The predicted octanol–water partition coefficient (Wildman–Crippen LogP) is 2.86. The van der Waals surface area contributed by atoms with Gasteiger partial charge in [-0.15, -0.1) is 0 Å². The molecule has 86 valence electrons. The third-order valence-electron chi connectivity index (χ3n) is 2.41. The van der Waals surface area contributed by atoms with Crippen molar-refractivity contribution in [3.05, 3.63) is 58.6 Å². The van der Waals surface area contributed by atoms with Gasteiger partial charge in [0.25, 0.3) is 0 Å². The molecule has 0 unspecified atom stereocenters. The van der Waals surface area contributed by atoms with Crippen molar-refractivity contribution in [2.75, 3.05) is 5.73 Å². The number of carbonyl (C=O) groups is 1. The zero-order valence-electron chi connectivity index (χ0n) is 8.85. The van der Waals surface area contributed by atoms with E-state index >= 15 is 0 Å². The third-order valence-corrected chi connectivity index (χ3v) is 2.65. The molecule has 2 aromatic carbocycles. The Morgan fingerprint density at radius 2 is 1.88 bits per heavy atom. The van der Waals surface area contributed by atoms with Gasteiger partial charge < -0.3 is 10.8 Å². The fourth-order valence-electron chi connectivity index (χ4n) is 1.54. The standard InChI is InChI=1S/C13H10ClNO2/c14-9-4-1-3-8(7-9)13(17)10-5-2-6-11(16)12(10)15/h1-7,16H,15H2. The Labute approximate surface area is 103 Å². The van der Waals surface area contributed by atoms with Crippen LogP contribution in [0.1, 0.15) is 15.9 Å². The molecule has 0 amide bonds. The van der Waals surface area contributed by atoms with Crippen molar-refractivity contribution in [2.45, 2.75) is 0 Å². The molecule has 0 aromatic heterocycles. The van der Waals surface area contributed by atoms with E-state index in [0.717, 1.165) is 0 Å². The van der Waals surface area contributed by atoms with Gasteiger partial charge in [0, 0.05) is 16.1 Å². The van der Waals surface area contributed by atoms with Crippen LogP contribution < -0.4 is 5.73 Å². The summed E-state index contributed by atoms with van der Waals surface area (Å²) in [5.74, 6) is -0.362. The largest absolute Gasteiger partial charge is 0.506 e. The van der Waals surface area contributed by atoms with E-state index in [2.05, 4.69) is 0 Å². The fraction of sp³-hybridized carbons (Fsp3) is 0. The Kier molecular flexibility index (Phi) is 3.02. The molecule has 0 aliphatic rings. The molecule has 0 fully saturated rings. The summed E-state index contributed by atoms with van der Waals surface area (Å²) in [7, 11) is 0. The average Bonchev–Trinajstić information content (AvgIpc) is 2.32. The lowest BCUT2D eigenvalue weighted by atomic mass is 10.0. The van der Waals surface area contributed by atoms with Gasteiger partial charge >= 0.3 is 0 Å². The van der Waals surface area contributed by atoms with Crippen LogP contribution in [0.4, 0.5) is 5.69 Å². The number of hydrogen-bond acceptors (Lipinski definition) is 3. The minimum absolute atomic E-state index is 0.0810. The number of nitrogens with two attached hydrogens (primary N) is 1. The lowest BCUT2D eigenvalue weighted by Gasteiger charge is -2.06. The molecule has 17 heavy (non-hydrogen) atoms. The molecule has 4 heteroatoms. The lowest BCUT2D eigenvalue weighted by molar-refractivity contribution is 0.103. The second kappa shape index (κ2) is 4.47. The number of hydrogen-bond donors (Lipinski definition) is 2. The Balaban J connectivity index is 2.48. The topological polar surface area (TPSA) is 63.3 Å².